The van der Waals surface area contributed by atoms with E-state index in [9.17, 15) is 0 Å². The first-order chi connectivity index (χ1) is 9.03. The molecule has 5 nitrogen and oxygen atoms in total. The molecule has 0 bridgehead atoms. The third kappa shape index (κ3) is 4.92. The predicted octanol–water partition coefficient (Wildman–Crippen LogP) is 2.31. The van der Waals surface area contributed by atoms with Gasteiger partial charge in [0.2, 0.25) is 0 Å². The lowest BCUT2D eigenvalue weighted by Crippen LogP contribution is -2.35. The lowest BCUT2D eigenvalue weighted by molar-refractivity contribution is 0.423. The zero-order valence-electron chi connectivity index (χ0n) is 11.3. The van der Waals surface area contributed by atoms with E-state index in [1.165, 1.54) is 11.8 Å². The summed E-state index contributed by atoms with van der Waals surface area (Å²) in [5.74, 6) is 0. The monoisotopic (exact) mass is 275 g/mol. The van der Waals surface area contributed by atoms with Crippen molar-refractivity contribution < 1.29 is 0 Å². The maximum absolute atomic E-state index is 4.31. The fraction of sp³-hybridized carbons (Fsp3) is 0.385. The Balaban J connectivity index is 1.95. The molecule has 0 saturated carbocycles. The van der Waals surface area contributed by atoms with E-state index in [2.05, 4.69) is 46.0 Å². The van der Waals surface area contributed by atoms with E-state index in [0.29, 0.717) is 10.3 Å². The first-order valence-corrected chi connectivity index (χ1v) is 6.85. The molecule has 19 heavy (non-hydrogen) atoms. The zero-order valence-corrected chi connectivity index (χ0v) is 12.1. The van der Waals surface area contributed by atoms with Crippen LogP contribution in [0.3, 0.4) is 0 Å². The molecule has 0 saturated heterocycles. The lowest BCUT2D eigenvalue weighted by Gasteiger charge is -2.20. The smallest absolute Gasteiger partial charge is 0.195 e. The zero-order chi connectivity index (χ0) is 13.7. The van der Waals surface area contributed by atoms with Crippen LogP contribution >= 0.6 is 11.8 Å². The predicted molar refractivity (Wildman–Crippen MR) is 74.8 cm³/mol. The molecule has 0 radical (unpaired) electrons. The minimum absolute atomic E-state index is 0.0886. The Labute approximate surface area is 117 Å². The topological polar surface area (TPSA) is 63.6 Å². The molecule has 0 aliphatic rings. The average molecular weight is 275 g/mol. The summed E-state index contributed by atoms with van der Waals surface area (Å²) in [7, 11) is 0. The van der Waals surface area contributed by atoms with Gasteiger partial charge in [-0.1, -0.05) is 0 Å². The number of hydrogen-bond acceptors (Lipinski definition) is 6. The van der Waals surface area contributed by atoms with Crippen molar-refractivity contribution in [2.24, 2.45) is 0 Å². The van der Waals surface area contributed by atoms with E-state index in [-0.39, 0.29) is 5.54 Å². The van der Waals surface area contributed by atoms with Crippen molar-refractivity contribution in [3.05, 3.63) is 36.4 Å². The van der Waals surface area contributed by atoms with Crippen LogP contribution in [0.1, 0.15) is 26.3 Å². The molecule has 0 fully saturated rings. The van der Waals surface area contributed by atoms with E-state index in [0.717, 1.165) is 12.1 Å². The summed E-state index contributed by atoms with van der Waals surface area (Å²) >= 11 is 1.36. The molecule has 2 aromatic heterocycles. The fourth-order valence-corrected chi connectivity index (χ4v) is 1.88. The Morgan fingerprint density at radius 1 is 1.00 bits per heavy atom. The van der Waals surface area contributed by atoms with Crippen LogP contribution in [0.25, 0.3) is 0 Å². The Kier molecular flexibility index (Phi) is 4.44. The van der Waals surface area contributed by atoms with Crippen LogP contribution < -0.4 is 5.32 Å². The molecular weight excluding hydrogens is 258 g/mol. The van der Waals surface area contributed by atoms with Crippen molar-refractivity contribution in [2.75, 3.05) is 0 Å². The minimum Gasteiger partial charge on any atom is -0.308 e. The van der Waals surface area contributed by atoms with Gasteiger partial charge in [-0.15, -0.1) is 0 Å². The second-order valence-electron chi connectivity index (χ2n) is 5.11. The first kappa shape index (κ1) is 13.9. The Hall–Kier alpha value is -1.53. The van der Waals surface area contributed by atoms with Gasteiger partial charge in [0.05, 0.1) is 0 Å². The summed E-state index contributed by atoms with van der Waals surface area (Å²) in [5.41, 5.74) is 1.15. The molecule has 0 unspecified atom stereocenters. The highest BCUT2D eigenvalue weighted by atomic mass is 32.2. The van der Waals surface area contributed by atoms with Crippen molar-refractivity contribution in [3.63, 3.8) is 0 Å². The van der Waals surface area contributed by atoms with Gasteiger partial charge in [-0.25, -0.2) is 19.9 Å². The van der Waals surface area contributed by atoms with Crippen LogP contribution in [0.15, 0.2) is 41.2 Å². The maximum atomic E-state index is 4.31. The Morgan fingerprint density at radius 3 is 2.16 bits per heavy atom. The maximum Gasteiger partial charge on any atom is 0.195 e. The van der Waals surface area contributed by atoms with Gasteiger partial charge in [0, 0.05) is 42.4 Å². The van der Waals surface area contributed by atoms with Crippen LogP contribution in [0.5, 0.6) is 0 Å². The van der Waals surface area contributed by atoms with Crippen LogP contribution in [-0.2, 0) is 6.54 Å². The third-order valence-electron chi connectivity index (χ3n) is 2.23. The van der Waals surface area contributed by atoms with Crippen LogP contribution in [0.2, 0.25) is 0 Å². The number of nitrogens with zero attached hydrogens (tertiary/aromatic N) is 4. The second-order valence-corrected chi connectivity index (χ2v) is 6.05. The normalized spacial score (nSPS) is 11.5. The van der Waals surface area contributed by atoms with Gasteiger partial charge < -0.3 is 5.32 Å². The molecular formula is C13H17N5S. The Morgan fingerprint density at radius 2 is 1.58 bits per heavy atom. The molecule has 2 heterocycles. The van der Waals surface area contributed by atoms with Gasteiger partial charge in [0.15, 0.2) is 10.3 Å². The molecule has 0 atom stereocenters. The summed E-state index contributed by atoms with van der Waals surface area (Å²) in [4.78, 5) is 16.9. The van der Waals surface area contributed by atoms with E-state index in [1.807, 2.05) is 12.4 Å². The van der Waals surface area contributed by atoms with E-state index in [4.69, 9.17) is 0 Å². The van der Waals surface area contributed by atoms with Gasteiger partial charge in [0.25, 0.3) is 0 Å². The van der Waals surface area contributed by atoms with Crippen LogP contribution in [0.4, 0.5) is 0 Å². The number of rotatable bonds is 4. The number of aromatic nitrogens is 4. The number of nitrogens with one attached hydrogen (secondary N) is 1. The molecule has 0 aliphatic heterocycles. The summed E-state index contributed by atoms with van der Waals surface area (Å²) in [6.07, 6.45) is 7.07. The molecule has 0 aliphatic carbocycles. The SMILES string of the molecule is CC(C)(C)NCc1cnc(Sc2ncccn2)nc1. The van der Waals surface area contributed by atoms with E-state index >= 15 is 0 Å². The first-order valence-electron chi connectivity index (χ1n) is 6.04. The highest BCUT2D eigenvalue weighted by molar-refractivity contribution is 7.99. The molecule has 0 aromatic carbocycles. The van der Waals surface area contributed by atoms with Crippen molar-refractivity contribution >= 4 is 11.8 Å². The molecule has 6 heteroatoms. The van der Waals surface area contributed by atoms with Gasteiger partial charge in [0.1, 0.15) is 0 Å². The Bertz CT molecular complexity index is 507. The molecule has 2 rings (SSSR count). The van der Waals surface area contributed by atoms with Gasteiger partial charge in [-0.2, -0.15) is 0 Å². The standard InChI is InChI=1S/C13H17N5S/c1-13(2,3)18-9-10-7-16-12(17-8-10)19-11-14-5-4-6-15-11/h4-8,18H,9H2,1-3H3. The van der Waals surface area contributed by atoms with Crippen LogP contribution in [0, 0.1) is 0 Å². The average Bonchev–Trinajstić information content (AvgIpc) is 2.38. The van der Waals surface area contributed by atoms with Gasteiger partial charge >= 0.3 is 0 Å². The molecule has 1 N–H and O–H groups in total. The quantitative estimate of drug-likeness (QED) is 0.864. The highest BCUT2D eigenvalue weighted by Gasteiger charge is 2.09. The summed E-state index contributed by atoms with van der Waals surface area (Å²) in [6.45, 7) is 7.15. The van der Waals surface area contributed by atoms with Gasteiger partial charge in [-0.05, 0) is 38.6 Å². The van der Waals surface area contributed by atoms with Crippen molar-refractivity contribution in [1.29, 1.82) is 0 Å². The van der Waals surface area contributed by atoms with Crippen molar-refractivity contribution in [2.45, 2.75) is 43.2 Å². The summed E-state index contributed by atoms with van der Waals surface area (Å²) < 4.78 is 0. The number of hydrogen-bond donors (Lipinski definition) is 1. The highest BCUT2D eigenvalue weighted by Crippen LogP contribution is 2.19. The second kappa shape index (κ2) is 6.08. The van der Waals surface area contributed by atoms with Gasteiger partial charge in [-0.3, -0.25) is 0 Å². The van der Waals surface area contributed by atoms with E-state index in [1.54, 1.807) is 18.5 Å². The molecule has 2 aromatic rings. The minimum atomic E-state index is 0.0886. The lowest BCUT2D eigenvalue weighted by atomic mass is 10.1. The van der Waals surface area contributed by atoms with Crippen molar-refractivity contribution in [1.82, 2.24) is 25.3 Å². The van der Waals surface area contributed by atoms with Crippen LogP contribution in [-0.4, -0.2) is 25.5 Å². The molecule has 0 spiro atoms. The van der Waals surface area contributed by atoms with Crippen molar-refractivity contribution in [3.8, 4) is 0 Å². The molecule has 0 amide bonds. The molecule has 100 valence electrons. The van der Waals surface area contributed by atoms with E-state index < -0.39 is 0 Å². The fourth-order valence-electron chi connectivity index (χ4n) is 1.27. The third-order valence-corrected chi connectivity index (χ3v) is 3.02. The summed E-state index contributed by atoms with van der Waals surface area (Å²) in [5, 5.41) is 4.71. The largest absolute Gasteiger partial charge is 0.308 e. The summed E-state index contributed by atoms with van der Waals surface area (Å²) in [6, 6.07) is 1.78.